The molecule has 1 heterocycles. The average Bonchev–Trinajstić information content (AvgIpc) is 2.66. The van der Waals surface area contributed by atoms with Crippen LogP contribution in [-0.2, 0) is 14.3 Å². The molecule has 0 aromatic heterocycles. The number of rotatable bonds is 6. The van der Waals surface area contributed by atoms with Crippen LogP contribution in [0.1, 0.15) is 5.56 Å². The molecule has 0 aliphatic carbocycles. The minimum absolute atomic E-state index is 0.473. The Labute approximate surface area is 150 Å². The maximum atomic E-state index is 12.0. The molecule has 9 heteroatoms. The Kier molecular flexibility index (Phi) is 6.95. The number of carbonyl (C=O) groups excluding carboxylic acids is 1. The van der Waals surface area contributed by atoms with Gasteiger partial charge in [0.25, 0.3) is 0 Å². The zero-order valence-electron chi connectivity index (χ0n) is 14.3. The normalized spacial score (nSPS) is 28.8. The Balaban J connectivity index is 2.10. The molecular formula is C17H22O9. The molecule has 26 heavy (non-hydrogen) atoms. The molecule has 0 saturated carbocycles. The number of aliphatic hydroxyl groups is 4. The first kappa shape index (κ1) is 20.1. The first-order valence-corrected chi connectivity index (χ1v) is 7.83. The molecule has 0 unspecified atom stereocenters. The van der Waals surface area contributed by atoms with Crippen LogP contribution < -0.4 is 9.47 Å². The maximum absolute atomic E-state index is 12.0. The Morgan fingerprint density at radius 1 is 1.12 bits per heavy atom. The molecule has 144 valence electrons. The van der Waals surface area contributed by atoms with Crippen LogP contribution in [0.25, 0.3) is 6.08 Å². The van der Waals surface area contributed by atoms with Gasteiger partial charge in [0.05, 0.1) is 26.4 Å². The van der Waals surface area contributed by atoms with Gasteiger partial charge in [-0.05, 0) is 18.2 Å². The van der Waals surface area contributed by atoms with Gasteiger partial charge in [0.2, 0.25) is 6.29 Å². The van der Waals surface area contributed by atoms with Gasteiger partial charge in [-0.1, -0.05) is 6.07 Å². The molecule has 1 aromatic rings. The number of carbonyl (C=O) groups is 1. The quantitative estimate of drug-likeness (QED) is 0.370. The predicted molar refractivity (Wildman–Crippen MR) is 88.4 cm³/mol. The fourth-order valence-corrected chi connectivity index (χ4v) is 2.51. The lowest BCUT2D eigenvalue weighted by molar-refractivity contribution is -0.291. The van der Waals surface area contributed by atoms with E-state index in [2.05, 4.69) is 0 Å². The molecule has 0 bridgehead atoms. The summed E-state index contributed by atoms with van der Waals surface area (Å²) in [5.74, 6) is 0.0739. The summed E-state index contributed by atoms with van der Waals surface area (Å²) in [6.45, 7) is -0.618. The summed E-state index contributed by atoms with van der Waals surface area (Å²) in [6.07, 6.45) is -5.04. The van der Waals surface area contributed by atoms with Crippen molar-refractivity contribution in [3.63, 3.8) is 0 Å². The molecule has 1 fully saturated rings. The number of aliphatic hydroxyl groups excluding tert-OH is 4. The predicted octanol–water partition coefficient (Wildman–Crippen LogP) is -0.940. The highest BCUT2D eigenvalue weighted by atomic mass is 16.7. The minimum atomic E-state index is -1.66. The van der Waals surface area contributed by atoms with E-state index in [1.165, 1.54) is 20.3 Å². The monoisotopic (exact) mass is 370 g/mol. The molecule has 0 spiro atoms. The second-order valence-electron chi connectivity index (χ2n) is 5.54. The van der Waals surface area contributed by atoms with E-state index >= 15 is 0 Å². The van der Waals surface area contributed by atoms with Gasteiger partial charge >= 0.3 is 5.97 Å². The van der Waals surface area contributed by atoms with E-state index in [4.69, 9.17) is 24.1 Å². The third kappa shape index (κ3) is 4.32. The summed E-state index contributed by atoms with van der Waals surface area (Å²) in [4.78, 5) is 12.0. The van der Waals surface area contributed by atoms with E-state index < -0.39 is 43.3 Å². The molecular weight excluding hydrogens is 348 g/mol. The Morgan fingerprint density at radius 3 is 2.27 bits per heavy atom. The van der Waals surface area contributed by atoms with Crippen molar-refractivity contribution in [2.24, 2.45) is 0 Å². The smallest absolute Gasteiger partial charge is 0.333 e. The van der Waals surface area contributed by atoms with Crippen LogP contribution in [-0.4, -0.2) is 77.9 Å². The van der Waals surface area contributed by atoms with E-state index in [9.17, 15) is 20.1 Å². The van der Waals surface area contributed by atoms with Gasteiger partial charge in [-0.3, -0.25) is 0 Å². The van der Waals surface area contributed by atoms with Crippen LogP contribution in [0.2, 0.25) is 0 Å². The zero-order valence-corrected chi connectivity index (χ0v) is 14.3. The maximum Gasteiger partial charge on any atom is 0.333 e. The first-order chi connectivity index (χ1) is 12.4. The highest BCUT2D eigenvalue weighted by Crippen LogP contribution is 2.29. The molecule has 0 amide bonds. The van der Waals surface area contributed by atoms with Gasteiger partial charge in [0, 0.05) is 6.08 Å². The van der Waals surface area contributed by atoms with E-state index in [0.29, 0.717) is 17.1 Å². The van der Waals surface area contributed by atoms with Gasteiger partial charge in [-0.15, -0.1) is 0 Å². The van der Waals surface area contributed by atoms with Crippen molar-refractivity contribution in [1.29, 1.82) is 0 Å². The van der Waals surface area contributed by atoms with Gasteiger partial charge in [0.1, 0.15) is 35.9 Å². The van der Waals surface area contributed by atoms with Crippen molar-refractivity contribution in [1.82, 2.24) is 0 Å². The van der Waals surface area contributed by atoms with Crippen molar-refractivity contribution in [2.75, 3.05) is 20.8 Å². The van der Waals surface area contributed by atoms with Crippen molar-refractivity contribution in [3.05, 3.63) is 29.8 Å². The molecule has 1 aliphatic heterocycles. The van der Waals surface area contributed by atoms with Gasteiger partial charge in [-0.25, -0.2) is 4.79 Å². The topological polar surface area (TPSA) is 135 Å². The van der Waals surface area contributed by atoms with Crippen molar-refractivity contribution >= 4 is 12.0 Å². The van der Waals surface area contributed by atoms with Gasteiger partial charge < -0.3 is 39.4 Å². The lowest BCUT2D eigenvalue weighted by Crippen LogP contribution is -2.59. The highest BCUT2D eigenvalue weighted by Gasteiger charge is 2.45. The first-order valence-electron chi connectivity index (χ1n) is 7.83. The number of methoxy groups -OCH3 is 2. The summed E-state index contributed by atoms with van der Waals surface area (Å²) in [7, 11) is 2.94. The van der Waals surface area contributed by atoms with Crippen LogP contribution in [0.3, 0.4) is 0 Å². The number of hydrogen-bond donors (Lipinski definition) is 4. The van der Waals surface area contributed by atoms with Crippen molar-refractivity contribution in [2.45, 2.75) is 30.7 Å². The van der Waals surface area contributed by atoms with Crippen LogP contribution in [0, 0.1) is 0 Å². The SMILES string of the molecule is COc1cccc(OC)c1/C=C/C(=O)O[C@@H]1O[C@H](CO)[C@@H](O)[C@H](O)[C@H]1O. The second-order valence-corrected chi connectivity index (χ2v) is 5.54. The third-order valence-corrected chi connectivity index (χ3v) is 3.93. The summed E-state index contributed by atoms with van der Waals surface area (Å²) in [5.41, 5.74) is 0.503. The van der Waals surface area contributed by atoms with Gasteiger partial charge in [-0.2, -0.15) is 0 Å². The number of ether oxygens (including phenoxy) is 4. The molecule has 9 nitrogen and oxygen atoms in total. The van der Waals surface area contributed by atoms with Crippen LogP contribution in [0.15, 0.2) is 24.3 Å². The summed E-state index contributed by atoms with van der Waals surface area (Å²) in [5, 5.41) is 38.4. The Hall–Kier alpha value is -2.17. The van der Waals surface area contributed by atoms with E-state index in [0.717, 1.165) is 6.08 Å². The minimum Gasteiger partial charge on any atom is -0.496 e. The molecule has 1 aliphatic rings. The van der Waals surface area contributed by atoms with E-state index in [1.54, 1.807) is 18.2 Å². The summed E-state index contributed by atoms with van der Waals surface area (Å²) in [6, 6.07) is 5.09. The van der Waals surface area contributed by atoms with Crippen LogP contribution in [0.4, 0.5) is 0 Å². The number of esters is 1. The fourth-order valence-electron chi connectivity index (χ4n) is 2.51. The highest BCUT2D eigenvalue weighted by molar-refractivity contribution is 5.88. The molecule has 5 atom stereocenters. The van der Waals surface area contributed by atoms with E-state index in [-0.39, 0.29) is 0 Å². The number of hydrogen-bond acceptors (Lipinski definition) is 9. The van der Waals surface area contributed by atoms with Crippen molar-refractivity contribution in [3.8, 4) is 11.5 Å². The Morgan fingerprint density at radius 2 is 1.73 bits per heavy atom. The fraction of sp³-hybridized carbons (Fsp3) is 0.471. The third-order valence-electron chi connectivity index (χ3n) is 3.93. The average molecular weight is 370 g/mol. The molecule has 1 saturated heterocycles. The van der Waals surface area contributed by atoms with Crippen LogP contribution >= 0.6 is 0 Å². The molecule has 1 aromatic carbocycles. The zero-order chi connectivity index (χ0) is 19.3. The van der Waals surface area contributed by atoms with Crippen LogP contribution in [0.5, 0.6) is 11.5 Å². The number of benzene rings is 1. The standard InChI is InChI=1S/C17H22O9/c1-23-10-4-3-5-11(24-2)9(10)6-7-13(19)26-17-16(22)15(21)14(20)12(8-18)25-17/h3-7,12,14-18,20-22H,8H2,1-2H3/b7-6+/t12-,14-,15+,16-,17+/m1/s1. The molecule has 2 rings (SSSR count). The second kappa shape index (κ2) is 8.97. The van der Waals surface area contributed by atoms with E-state index in [1.807, 2.05) is 0 Å². The van der Waals surface area contributed by atoms with Gasteiger partial charge in [0.15, 0.2) is 0 Å². The lowest BCUT2D eigenvalue weighted by Gasteiger charge is -2.38. The summed E-state index contributed by atoms with van der Waals surface area (Å²) < 4.78 is 20.5. The Bertz CT molecular complexity index is 621. The largest absolute Gasteiger partial charge is 0.496 e. The molecule has 4 N–H and O–H groups in total. The summed E-state index contributed by atoms with van der Waals surface area (Å²) >= 11 is 0. The molecule has 0 radical (unpaired) electrons. The lowest BCUT2D eigenvalue weighted by atomic mass is 9.99. The van der Waals surface area contributed by atoms with Crippen molar-refractivity contribution < 1.29 is 44.2 Å².